The molecule has 0 aliphatic heterocycles. The van der Waals surface area contributed by atoms with E-state index in [1.54, 1.807) is 0 Å². The molecule has 2 atom stereocenters. The van der Waals surface area contributed by atoms with Crippen LogP contribution in [-0.2, 0) is 4.79 Å². The van der Waals surface area contributed by atoms with Crippen molar-refractivity contribution in [2.24, 2.45) is 11.8 Å². The van der Waals surface area contributed by atoms with Gasteiger partial charge in [0.25, 0.3) is 0 Å². The summed E-state index contributed by atoms with van der Waals surface area (Å²) in [5, 5.41) is 3.37. The summed E-state index contributed by atoms with van der Waals surface area (Å²) in [6, 6.07) is 21.9. The van der Waals surface area contributed by atoms with Crippen LogP contribution < -0.4 is 5.32 Å². The van der Waals surface area contributed by atoms with Gasteiger partial charge in [-0.15, -0.1) is 0 Å². The zero-order valence-electron chi connectivity index (χ0n) is 18.9. The minimum absolute atomic E-state index is 0.0464. The Kier molecular flexibility index (Phi) is 4.97. The zero-order chi connectivity index (χ0) is 21.7. The van der Waals surface area contributed by atoms with Crippen molar-refractivity contribution in [1.82, 2.24) is 0 Å². The van der Waals surface area contributed by atoms with Gasteiger partial charge in [0, 0.05) is 17.5 Å². The highest BCUT2D eigenvalue weighted by Crippen LogP contribution is 2.59. The second kappa shape index (κ2) is 7.67. The molecule has 31 heavy (non-hydrogen) atoms. The number of hydrogen-bond donors (Lipinski definition) is 1. The average molecular weight is 410 g/mol. The lowest BCUT2D eigenvalue weighted by Crippen LogP contribution is -2.45. The first kappa shape index (κ1) is 20.1. The van der Waals surface area contributed by atoms with Crippen molar-refractivity contribution in [2.75, 3.05) is 5.32 Å². The second-order valence-electron chi connectivity index (χ2n) is 9.45. The standard InChI is InChI=1S/C29H31NO/c1-5-10-24-25-20-11-6-8-13-22(20)26(23-14-9-7-12-21(23)25)27(24)29(31)30-28-18(3)15-17(2)16-19(28)4/h6-9,11-16,24-27H,5,10H2,1-4H3,(H,30,31)/t24-,25?,26?,27+/m1/s1. The van der Waals surface area contributed by atoms with E-state index in [0.29, 0.717) is 11.8 Å². The summed E-state index contributed by atoms with van der Waals surface area (Å²) in [6.07, 6.45) is 2.15. The van der Waals surface area contributed by atoms with Crippen LogP contribution in [0.1, 0.15) is 70.5 Å². The molecule has 2 nitrogen and oxygen atoms in total. The quantitative estimate of drug-likeness (QED) is 0.500. The molecule has 0 radical (unpaired) electrons. The highest BCUT2D eigenvalue weighted by molar-refractivity contribution is 5.96. The summed E-state index contributed by atoms with van der Waals surface area (Å²) in [5.74, 6) is 0.876. The lowest BCUT2D eigenvalue weighted by molar-refractivity contribution is -0.123. The third kappa shape index (κ3) is 3.12. The lowest BCUT2D eigenvalue weighted by atomic mass is 9.53. The minimum atomic E-state index is -0.0464. The molecule has 3 aromatic rings. The molecular formula is C29H31NO. The van der Waals surface area contributed by atoms with Crippen molar-refractivity contribution in [2.45, 2.75) is 52.4 Å². The number of anilines is 1. The predicted octanol–water partition coefficient (Wildman–Crippen LogP) is 6.87. The molecule has 2 heteroatoms. The number of benzene rings is 3. The second-order valence-corrected chi connectivity index (χ2v) is 9.45. The van der Waals surface area contributed by atoms with Gasteiger partial charge in [-0.1, -0.05) is 79.6 Å². The zero-order valence-corrected chi connectivity index (χ0v) is 18.9. The summed E-state index contributed by atoms with van der Waals surface area (Å²) in [6.45, 7) is 8.54. The van der Waals surface area contributed by atoms with Gasteiger partial charge in [0.05, 0.1) is 5.92 Å². The van der Waals surface area contributed by atoms with Gasteiger partial charge in [-0.3, -0.25) is 4.79 Å². The van der Waals surface area contributed by atoms with Crippen molar-refractivity contribution in [1.29, 1.82) is 0 Å². The van der Waals surface area contributed by atoms with Crippen LogP contribution in [0.2, 0.25) is 0 Å². The van der Waals surface area contributed by atoms with E-state index >= 15 is 0 Å². The van der Waals surface area contributed by atoms with E-state index < -0.39 is 0 Å². The Bertz CT molecular complexity index is 1090. The van der Waals surface area contributed by atoms with Crippen molar-refractivity contribution in [3.63, 3.8) is 0 Å². The fourth-order valence-corrected chi connectivity index (χ4v) is 6.40. The van der Waals surface area contributed by atoms with Gasteiger partial charge in [0.2, 0.25) is 5.91 Å². The van der Waals surface area contributed by atoms with Gasteiger partial charge < -0.3 is 5.32 Å². The molecule has 0 spiro atoms. The number of fused-ring (bicyclic) bond motifs is 1. The first-order valence-electron chi connectivity index (χ1n) is 11.6. The molecule has 0 fully saturated rings. The van der Waals surface area contributed by atoms with E-state index in [1.165, 1.54) is 27.8 Å². The highest BCUT2D eigenvalue weighted by atomic mass is 16.1. The number of carbonyl (C=O) groups is 1. The summed E-state index contributed by atoms with van der Waals surface area (Å²) in [4.78, 5) is 13.9. The summed E-state index contributed by atoms with van der Waals surface area (Å²) in [5.41, 5.74) is 10.0. The molecular weight excluding hydrogens is 378 g/mol. The molecule has 1 amide bonds. The predicted molar refractivity (Wildman–Crippen MR) is 128 cm³/mol. The van der Waals surface area contributed by atoms with Crippen LogP contribution in [0.3, 0.4) is 0 Å². The molecule has 3 aliphatic carbocycles. The summed E-state index contributed by atoms with van der Waals surface area (Å²) in [7, 11) is 0. The fraction of sp³-hybridized carbons (Fsp3) is 0.345. The molecule has 2 bridgehead atoms. The fourth-order valence-electron chi connectivity index (χ4n) is 6.40. The molecule has 3 aliphatic rings. The third-order valence-corrected chi connectivity index (χ3v) is 7.43. The van der Waals surface area contributed by atoms with Gasteiger partial charge in [-0.25, -0.2) is 0 Å². The number of aryl methyl sites for hydroxylation is 3. The number of rotatable bonds is 4. The Morgan fingerprint density at radius 3 is 1.77 bits per heavy atom. The first-order valence-corrected chi connectivity index (χ1v) is 11.6. The maximum atomic E-state index is 13.9. The van der Waals surface area contributed by atoms with E-state index in [0.717, 1.165) is 29.7 Å². The van der Waals surface area contributed by atoms with E-state index in [9.17, 15) is 4.79 Å². The molecule has 0 unspecified atom stereocenters. The Labute approximate surface area is 185 Å². The van der Waals surface area contributed by atoms with Crippen LogP contribution in [-0.4, -0.2) is 5.91 Å². The van der Waals surface area contributed by atoms with Gasteiger partial charge in [0.1, 0.15) is 0 Å². The Morgan fingerprint density at radius 1 is 0.806 bits per heavy atom. The van der Waals surface area contributed by atoms with Gasteiger partial charge in [-0.05, 0) is 66.5 Å². The van der Waals surface area contributed by atoms with Crippen molar-refractivity contribution in [3.05, 3.63) is 99.6 Å². The topological polar surface area (TPSA) is 29.1 Å². The van der Waals surface area contributed by atoms with Crippen molar-refractivity contribution >= 4 is 11.6 Å². The molecule has 0 saturated carbocycles. The number of carbonyl (C=O) groups excluding carboxylic acids is 1. The highest BCUT2D eigenvalue weighted by Gasteiger charge is 2.51. The number of amides is 1. The summed E-state index contributed by atoms with van der Waals surface area (Å²) < 4.78 is 0. The van der Waals surface area contributed by atoms with E-state index in [1.807, 2.05) is 0 Å². The molecule has 0 aromatic heterocycles. The van der Waals surface area contributed by atoms with Gasteiger partial charge in [-0.2, -0.15) is 0 Å². The number of hydrogen-bond acceptors (Lipinski definition) is 1. The molecule has 0 heterocycles. The molecule has 1 N–H and O–H groups in total. The minimum Gasteiger partial charge on any atom is -0.325 e. The Balaban J connectivity index is 1.62. The van der Waals surface area contributed by atoms with E-state index in [4.69, 9.17) is 0 Å². The van der Waals surface area contributed by atoms with Gasteiger partial charge >= 0.3 is 0 Å². The smallest absolute Gasteiger partial charge is 0.228 e. The third-order valence-electron chi connectivity index (χ3n) is 7.43. The maximum absolute atomic E-state index is 13.9. The van der Waals surface area contributed by atoms with Crippen LogP contribution in [0.5, 0.6) is 0 Å². The van der Waals surface area contributed by atoms with Crippen LogP contribution in [0.15, 0.2) is 60.7 Å². The van der Waals surface area contributed by atoms with E-state index in [2.05, 4.69) is 93.7 Å². The Hall–Kier alpha value is -2.87. The van der Waals surface area contributed by atoms with Crippen LogP contribution >= 0.6 is 0 Å². The average Bonchev–Trinajstić information content (AvgIpc) is 2.76. The monoisotopic (exact) mass is 409 g/mol. The SMILES string of the molecule is CCC[C@@H]1C2c3ccccc3C(c3ccccc32)[C@H]1C(=O)Nc1c(C)cc(C)cc1C. The largest absolute Gasteiger partial charge is 0.325 e. The lowest BCUT2D eigenvalue weighted by Gasteiger charge is -2.50. The number of nitrogens with one attached hydrogen (secondary N) is 1. The van der Waals surface area contributed by atoms with Crippen molar-refractivity contribution in [3.8, 4) is 0 Å². The molecule has 3 aromatic carbocycles. The van der Waals surface area contributed by atoms with E-state index in [-0.39, 0.29) is 17.7 Å². The van der Waals surface area contributed by atoms with Gasteiger partial charge in [0.15, 0.2) is 0 Å². The summed E-state index contributed by atoms with van der Waals surface area (Å²) >= 11 is 0. The van der Waals surface area contributed by atoms with Crippen LogP contribution in [0, 0.1) is 32.6 Å². The van der Waals surface area contributed by atoms with Crippen LogP contribution in [0.25, 0.3) is 0 Å². The first-order chi connectivity index (χ1) is 15.0. The molecule has 0 saturated heterocycles. The molecule has 6 rings (SSSR count). The Morgan fingerprint density at radius 2 is 1.29 bits per heavy atom. The maximum Gasteiger partial charge on any atom is 0.228 e. The van der Waals surface area contributed by atoms with Crippen LogP contribution in [0.4, 0.5) is 5.69 Å². The molecule has 158 valence electrons. The normalized spacial score (nSPS) is 23.2. The van der Waals surface area contributed by atoms with Crippen molar-refractivity contribution < 1.29 is 4.79 Å².